The van der Waals surface area contributed by atoms with Gasteiger partial charge in [0.2, 0.25) is 0 Å². The van der Waals surface area contributed by atoms with E-state index in [1.807, 2.05) is 18.2 Å². The van der Waals surface area contributed by atoms with Crippen LogP contribution < -0.4 is 5.73 Å². The molecule has 0 amide bonds. The van der Waals surface area contributed by atoms with Gasteiger partial charge in [-0.05, 0) is 37.0 Å². The predicted octanol–water partition coefficient (Wildman–Crippen LogP) is 2.31. The number of para-hydroxylation sites is 1. The highest BCUT2D eigenvalue weighted by Gasteiger charge is 2.27. The first-order valence-corrected chi connectivity index (χ1v) is 5.67. The number of phenols is 1. The van der Waals surface area contributed by atoms with Gasteiger partial charge in [0.25, 0.3) is 0 Å². The molecular formula is C13H13N3O. The van der Waals surface area contributed by atoms with Gasteiger partial charge in [0.1, 0.15) is 11.6 Å². The molecule has 1 aromatic heterocycles. The van der Waals surface area contributed by atoms with Crippen molar-refractivity contribution in [3.8, 4) is 17.0 Å². The molecule has 0 aliphatic heterocycles. The number of hydrogen-bond donors (Lipinski definition) is 2. The van der Waals surface area contributed by atoms with Crippen molar-refractivity contribution in [2.75, 3.05) is 5.73 Å². The normalized spacial score (nSPS) is 14.8. The fourth-order valence-corrected chi connectivity index (χ4v) is 1.96. The third-order valence-corrected chi connectivity index (χ3v) is 3.05. The Balaban J connectivity index is 2.09. The van der Waals surface area contributed by atoms with E-state index < -0.39 is 0 Å². The summed E-state index contributed by atoms with van der Waals surface area (Å²) in [6.45, 7) is 0. The van der Waals surface area contributed by atoms with Crippen LogP contribution in [0, 0.1) is 0 Å². The molecule has 1 saturated carbocycles. The van der Waals surface area contributed by atoms with E-state index in [1.165, 1.54) is 0 Å². The summed E-state index contributed by atoms with van der Waals surface area (Å²) < 4.78 is 0. The van der Waals surface area contributed by atoms with Crippen LogP contribution in [-0.4, -0.2) is 15.3 Å². The SMILES string of the molecule is Nc1nnc(-c2ccccc2O)cc1C1CC1. The Kier molecular flexibility index (Phi) is 2.21. The highest BCUT2D eigenvalue weighted by atomic mass is 16.3. The molecule has 17 heavy (non-hydrogen) atoms. The third kappa shape index (κ3) is 1.82. The minimum atomic E-state index is 0.216. The Morgan fingerprint density at radius 1 is 1.18 bits per heavy atom. The van der Waals surface area contributed by atoms with E-state index in [9.17, 15) is 5.11 Å². The Morgan fingerprint density at radius 3 is 2.65 bits per heavy atom. The van der Waals surface area contributed by atoms with E-state index in [-0.39, 0.29) is 5.75 Å². The molecule has 1 heterocycles. The molecule has 0 atom stereocenters. The van der Waals surface area contributed by atoms with Crippen LogP contribution in [0.2, 0.25) is 0 Å². The van der Waals surface area contributed by atoms with Crippen molar-refractivity contribution >= 4 is 5.82 Å². The number of nitrogen functional groups attached to an aromatic ring is 1. The summed E-state index contributed by atoms with van der Waals surface area (Å²) in [5, 5.41) is 17.8. The van der Waals surface area contributed by atoms with Crippen LogP contribution in [0.15, 0.2) is 30.3 Å². The second kappa shape index (κ2) is 3.73. The van der Waals surface area contributed by atoms with Crippen molar-refractivity contribution in [1.82, 2.24) is 10.2 Å². The molecule has 1 aliphatic carbocycles. The van der Waals surface area contributed by atoms with Crippen LogP contribution in [0.25, 0.3) is 11.3 Å². The van der Waals surface area contributed by atoms with E-state index in [4.69, 9.17) is 5.73 Å². The standard InChI is InChI=1S/C13H13N3O/c14-13-10(8-5-6-8)7-11(15-16-13)9-3-1-2-4-12(9)17/h1-4,7-8,17H,5-6H2,(H2,14,16). The first-order chi connectivity index (χ1) is 8.25. The molecule has 0 unspecified atom stereocenters. The van der Waals surface area contributed by atoms with Crippen molar-refractivity contribution in [2.24, 2.45) is 0 Å². The summed E-state index contributed by atoms with van der Waals surface area (Å²) >= 11 is 0. The summed E-state index contributed by atoms with van der Waals surface area (Å²) in [7, 11) is 0. The fraction of sp³-hybridized carbons (Fsp3) is 0.231. The van der Waals surface area contributed by atoms with Crippen LogP contribution in [0.5, 0.6) is 5.75 Å². The van der Waals surface area contributed by atoms with Gasteiger partial charge >= 0.3 is 0 Å². The molecule has 1 fully saturated rings. The van der Waals surface area contributed by atoms with Gasteiger partial charge in [-0.15, -0.1) is 10.2 Å². The fourth-order valence-electron chi connectivity index (χ4n) is 1.96. The largest absolute Gasteiger partial charge is 0.507 e. The molecule has 3 rings (SSSR count). The van der Waals surface area contributed by atoms with E-state index >= 15 is 0 Å². The zero-order valence-electron chi connectivity index (χ0n) is 9.30. The van der Waals surface area contributed by atoms with Crippen molar-refractivity contribution in [3.05, 3.63) is 35.9 Å². The summed E-state index contributed by atoms with van der Waals surface area (Å²) in [5.41, 5.74) is 8.24. The molecule has 1 aliphatic rings. The summed E-state index contributed by atoms with van der Waals surface area (Å²) in [5.74, 6) is 1.25. The molecule has 2 aromatic rings. The van der Waals surface area contributed by atoms with E-state index in [0.29, 0.717) is 23.0 Å². The second-order valence-corrected chi connectivity index (χ2v) is 4.36. The van der Waals surface area contributed by atoms with Crippen molar-refractivity contribution < 1.29 is 5.11 Å². The maximum Gasteiger partial charge on any atom is 0.149 e. The van der Waals surface area contributed by atoms with Gasteiger partial charge in [0.05, 0.1) is 5.69 Å². The number of nitrogens with zero attached hydrogens (tertiary/aromatic N) is 2. The average molecular weight is 227 g/mol. The van der Waals surface area contributed by atoms with Crippen molar-refractivity contribution in [3.63, 3.8) is 0 Å². The van der Waals surface area contributed by atoms with E-state index in [1.54, 1.807) is 12.1 Å². The number of hydrogen-bond acceptors (Lipinski definition) is 4. The average Bonchev–Trinajstić information content (AvgIpc) is 3.15. The van der Waals surface area contributed by atoms with Crippen LogP contribution in [0.1, 0.15) is 24.3 Å². The minimum absolute atomic E-state index is 0.216. The van der Waals surface area contributed by atoms with Gasteiger partial charge < -0.3 is 10.8 Å². The number of benzene rings is 1. The summed E-state index contributed by atoms with van der Waals surface area (Å²) in [6.07, 6.45) is 2.33. The van der Waals surface area contributed by atoms with E-state index in [0.717, 1.165) is 18.4 Å². The molecule has 0 spiro atoms. The lowest BCUT2D eigenvalue weighted by molar-refractivity contribution is 0.477. The number of rotatable bonds is 2. The Hall–Kier alpha value is -2.10. The number of aromatic nitrogens is 2. The number of nitrogens with two attached hydrogens (primary N) is 1. The van der Waals surface area contributed by atoms with Gasteiger partial charge in [-0.1, -0.05) is 12.1 Å². The van der Waals surface area contributed by atoms with Gasteiger partial charge in [0, 0.05) is 11.1 Å². The third-order valence-electron chi connectivity index (χ3n) is 3.05. The molecule has 86 valence electrons. The molecule has 0 bridgehead atoms. The van der Waals surface area contributed by atoms with Gasteiger partial charge in [-0.25, -0.2) is 0 Å². The summed E-state index contributed by atoms with van der Waals surface area (Å²) in [4.78, 5) is 0. The molecule has 0 saturated heterocycles. The number of phenolic OH excluding ortho intramolecular Hbond substituents is 1. The predicted molar refractivity (Wildman–Crippen MR) is 65.5 cm³/mol. The zero-order valence-corrected chi connectivity index (χ0v) is 9.30. The zero-order chi connectivity index (χ0) is 11.8. The molecule has 1 aromatic carbocycles. The Morgan fingerprint density at radius 2 is 1.94 bits per heavy atom. The Labute approximate surface area is 99.1 Å². The number of anilines is 1. The maximum atomic E-state index is 9.78. The van der Waals surface area contributed by atoms with Gasteiger partial charge in [-0.2, -0.15) is 0 Å². The topological polar surface area (TPSA) is 72.0 Å². The lowest BCUT2D eigenvalue weighted by atomic mass is 10.1. The highest BCUT2D eigenvalue weighted by Crippen LogP contribution is 2.43. The molecule has 0 radical (unpaired) electrons. The second-order valence-electron chi connectivity index (χ2n) is 4.36. The Bertz CT molecular complexity index is 564. The van der Waals surface area contributed by atoms with E-state index in [2.05, 4.69) is 10.2 Å². The van der Waals surface area contributed by atoms with Crippen molar-refractivity contribution in [2.45, 2.75) is 18.8 Å². The van der Waals surface area contributed by atoms with Crippen LogP contribution in [-0.2, 0) is 0 Å². The molecular weight excluding hydrogens is 214 g/mol. The molecule has 4 heteroatoms. The highest BCUT2D eigenvalue weighted by molar-refractivity contribution is 5.68. The lowest BCUT2D eigenvalue weighted by Crippen LogP contribution is -2.00. The minimum Gasteiger partial charge on any atom is -0.507 e. The first kappa shape index (κ1) is 10.1. The lowest BCUT2D eigenvalue weighted by Gasteiger charge is -2.06. The molecule has 4 nitrogen and oxygen atoms in total. The monoisotopic (exact) mass is 227 g/mol. The summed E-state index contributed by atoms with van der Waals surface area (Å²) in [6, 6.07) is 9.06. The number of aromatic hydroxyl groups is 1. The van der Waals surface area contributed by atoms with Crippen molar-refractivity contribution in [1.29, 1.82) is 0 Å². The quantitative estimate of drug-likeness (QED) is 0.825. The van der Waals surface area contributed by atoms with Gasteiger partial charge in [0.15, 0.2) is 0 Å². The van der Waals surface area contributed by atoms with Crippen LogP contribution in [0.4, 0.5) is 5.82 Å². The van der Waals surface area contributed by atoms with Gasteiger partial charge in [-0.3, -0.25) is 0 Å². The first-order valence-electron chi connectivity index (χ1n) is 5.67. The molecule has 3 N–H and O–H groups in total. The maximum absolute atomic E-state index is 9.78. The van der Waals surface area contributed by atoms with Crippen LogP contribution >= 0.6 is 0 Å². The van der Waals surface area contributed by atoms with Crippen LogP contribution in [0.3, 0.4) is 0 Å². The smallest absolute Gasteiger partial charge is 0.149 e.